The second-order valence-corrected chi connectivity index (χ2v) is 3.22. The lowest BCUT2D eigenvalue weighted by molar-refractivity contribution is -0.137. The zero-order valence-electron chi connectivity index (χ0n) is 8.16. The Bertz CT molecular complexity index is 220. The topological polar surface area (TPSA) is 74.6 Å². The molecule has 0 aliphatic carbocycles. The highest BCUT2D eigenvalue weighted by molar-refractivity contribution is 5.85. The van der Waals surface area contributed by atoms with Crippen molar-refractivity contribution in [2.24, 2.45) is 0 Å². The molecule has 4 nitrogen and oxygen atoms in total. The first-order valence-corrected chi connectivity index (χ1v) is 4.67. The fraction of sp³-hybridized carbons (Fsp3) is 0.600. The molecule has 0 saturated heterocycles. The Hall–Kier alpha value is -1.32. The van der Waals surface area contributed by atoms with Gasteiger partial charge in [0.15, 0.2) is 0 Å². The van der Waals surface area contributed by atoms with Gasteiger partial charge in [-0.3, -0.25) is 4.79 Å². The van der Waals surface area contributed by atoms with Crippen molar-refractivity contribution in [2.75, 3.05) is 0 Å². The molecule has 0 rings (SSSR count). The molecule has 4 heteroatoms. The lowest BCUT2D eigenvalue weighted by atomic mass is 10.1. The molecule has 80 valence electrons. The van der Waals surface area contributed by atoms with Gasteiger partial charge < -0.3 is 10.2 Å². The van der Waals surface area contributed by atoms with Crippen LogP contribution in [0.3, 0.4) is 0 Å². The number of hydrogen-bond acceptors (Lipinski definition) is 2. The summed E-state index contributed by atoms with van der Waals surface area (Å²) in [4.78, 5) is 20.5. The number of aliphatic carboxylic acids is 2. The van der Waals surface area contributed by atoms with Gasteiger partial charge in [0.1, 0.15) is 0 Å². The lowest BCUT2D eigenvalue weighted by Crippen LogP contribution is -1.98. The maximum Gasteiger partial charge on any atom is 0.330 e. The molecule has 0 radical (unpaired) electrons. The van der Waals surface area contributed by atoms with Crippen molar-refractivity contribution in [3.05, 3.63) is 12.2 Å². The highest BCUT2D eigenvalue weighted by Gasteiger charge is 2.02. The average molecular weight is 200 g/mol. The molecule has 0 aromatic heterocycles. The Morgan fingerprint density at radius 3 is 1.86 bits per heavy atom. The van der Waals surface area contributed by atoms with Crippen LogP contribution in [0.15, 0.2) is 12.2 Å². The van der Waals surface area contributed by atoms with Crippen LogP contribution in [0.4, 0.5) is 0 Å². The molecule has 0 atom stereocenters. The number of carbonyl (C=O) groups is 2. The van der Waals surface area contributed by atoms with Crippen LogP contribution in [0, 0.1) is 0 Å². The van der Waals surface area contributed by atoms with Crippen molar-refractivity contribution < 1.29 is 19.8 Å². The molecule has 0 aliphatic heterocycles. The van der Waals surface area contributed by atoms with Gasteiger partial charge in [-0.05, 0) is 19.3 Å². The van der Waals surface area contributed by atoms with E-state index in [4.69, 9.17) is 10.2 Å². The molecule has 0 unspecified atom stereocenters. The van der Waals surface area contributed by atoms with E-state index in [2.05, 4.69) is 6.58 Å². The minimum absolute atomic E-state index is 0.194. The van der Waals surface area contributed by atoms with E-state index in [-0.39, 0.29) is 12.0 Å². The second-order valence-electron chi connectivity index (χ2n) is 3.22. The standard InChI is InChI=1S/C10H16O4/c1-8(10(13)14)6-4-2-3-5-7-9(11)12/h1-7H2,(H,11,12)(H,13,14). The number of unbranched alkanes of at least 4 members (excludes halogenated alkanes) is 3. The number of hydrogen-bond donors (Lipinski definition) is 2. The van der Waals surface area contributed by atoms with E-state index in [1.807, 2.05) is 0 Å². The molecule has 2 N–H and O–H groups in total. The predicted octanol–water partition coefficient (Wildman–Crippen LogP) is 2.05. The summed E-state index contributed by atoms with van der Waals surface area (Å²) in [6, 6.07) is 0. The summed E-state index contributed by atoms with van der Waals surface area (Å²) < 4.78 is 0. The minimum Gasteiger partial charge on any atom is -0.481 e. The zero-order chi connectivity index (χ0) is 11.0. The van der Waals surface area contributed by atoms with Gasteiger partial charge in [0.2, 0.25) is 0 Å². The Morgan fingerprint density at radius 2 is 1.43 bits per heavy atom. The molecule has 0 aliphatic rings. The van der Waals surface area contributed by atoms with Crippen LogP contribution < -0.4 is 0 Å². The van der Waals surface area contributed by atoms with Crippen molar-refractivity contribution >= 4 is 11.9 Å². The van der Waals surface area contributed by atoms with Crippen molar-refractivity contribution in [1.82, 2.24) is 0 Å². The Kier molecular flexibility index (Phi) is 6.45. The molecular weight excluding hydrogens is 184 g/mol. The van der Waals surface area contributed by atoms with Crippen molar-refractivity contribution in [1.29, 1.82) is 0 Å². The lowest BCUT2D eigenvalue weighted by Gasteiger charge is -2.00. The van der Waals surface area contributed by atoms with E-state index in [0.29, 0.717) is 12.8 Å². The smallest absolute Gasteiger partial charge is 0.330 e. The molecule has 0 bridgehead atoms. The quantitative estimate of drug-likeness (QED) is 0.464. The van der Waals surface area contributed by atoms with E-state index >= 15 is 0 Å². The molecule has 0 spiro atoms. The first-order valence-electron chi connectivity index (χ1n) is 4.67. The van der Waals surface area contributed by atoms with E-state index in [1.54, 1.807) is 0 Å². The van der Waals surface area contributed by atoms with Crippen molar-refractivity contribution in [3.8, 4) is 0 Å². The van der Waals surface area contributed by atoms with Gasteiger partial charge in [0.05, 0.1) is 0 Å². The van der Waals surface area contributed by atoms with E-state index in [9.17, 15) is 9.59 Å². The van der Waals surface area contributed by atoms with Gasteiger partial charge in [0.25, 0.3) is 0 Å². The third kappa shape index (κ3) is 7.34. The maximum absolute atomic E-state index is 10.3. The number of carboxylic acids is 2. The van der Waals surface area contributed by atoms with Crippen LogP contribution in [0.1, 0.15) is 38.5 Å². The molecular formula is C10H16O4. The first kappa shape index (κ1) is 12.7. The zero-order valence-corrected chi connectivity index (χ0v) is 8.16. The van der Waals surface area contributed by atoms with E-state index in [1.165, 1.54) is 0 Å². The fourth-order valence-corrected chi connectivity index (χ4v) is 1.08. The highest BCUT2D eigenvalue weighted by atomic mass is 16.4. The van der Waals surface area contributed by atoms with Crippen LogP contribution >= 0.6 is 0 Å². The Labute approximate surface area is 83.2 Å². The second kappa shape index (κ2) is 7.12. The van der Waals surface area contributed by atoms with E-state index < -0.39 is 11.9 Å². The summed E-state index contributed by atoms with van der Waals surface area (Å²) in [5.74, 6) is -1.73. The molecule has 0 fully saturated rings. The molecule has 0 heterocycles. The normalized spacial score (nSPS) is 9.71. The third-order valence-corrected chi connectivity index (χ3v) is 1.92. The summed E-state index contributed by atoms with van der Waals surface area (Å²) in [5.41, 5.74) is 0.225. The SMILES string of the molecule is C=C(CCCCCCC(=O)O)C(=O)O. The third-order valence-electron chi connectivity index (χ3n) is 1.92. The van der Waals surface area contributed by atoms with Crippen LogP contribution in [0.5, 0.6) is 0 Å². The largest absolute Gasteiger partial charge is 0.481 e. The summed E-state index contributed by atoms with van der Waals surface area (Å²) >= 11 is 0. The maximum atomic E-state index is 10.3. The van der Waals surface area contributed by atoms with Gasteiger partial charge >= 0.3 is 11.9 Å². The first-order chi connectivity index (χ1) is 6.54. The minimum atomic E-state index is -0.949. The summed E-state index contributed by atoms with van der Waals surface area (Å²) in [5, 5.41) is 16.8. The van der Waals surface area contributed by atoms with E-state index in [0.717, 1.165) is 19.3 Å². The predicted molar refractivity (Wildman–Crippen MR) is 52.1 cm³/mol. The van der Waals surface area contributed by atoms with Crippen LogP contribution in [-0.2, 0) is 9.59 Å². The van der Waals surface area contributed by atoms with Gasteiger partial charge in [-0.2, -0.15) is 0 Å². The molecule has 0 aromatic rings. The molecule has 0 amide bonds. The molecule has 0 saturated carbocycles. The van der Waals surface area contributed by atoms with Crippen molar-refractivity contribution in [2.45, 2.75) is 38.5 Å². The van der Waals surface area contributed by atoms with Crippen LogP contribution in [0.25, 0.3) is 0 Å². The molecule has 0 aromatic carbocycles. The average Bonchev–Trinajstić information content (AvgIpc) is 2.09. The highest BCUT2D eigenvalue weighted by Crippen LogP contribution is 2.09. The van der Waals surface area contributed by atoms with Gasteiger partial charge in [0, 0.05) is 12.0 Å². The van der Waals surface area contributed by atoms with Gasteiger partial charge in [-0.1, -0.05) is 19.4 Å². The fourth-order valence-electron chi connectivity index (χ4n) is 1.08. The van der Waals surface area contributed by atoms with Crippen LogP contribution in [0.2, 0.25) is 0 Å². The Balaban J connectivity index is 3.26. The summed E-state index contributed by atoms with van der Waals surface area (Å²) in [7, 11) is 0. The van der Waals surface area contributed by atoms with Crippen molar-refractivity contribution in [3.63, 3.8) is 0 Å². The Morgan fingerprint density at radius 1 is 0.929 bits per heavy atom. The van der Waals surface area contributed by atoms with Gasteiger partial charge in [-0.25, -0.2) is 4.79 Å². The monoisotopic (exact) mass is 200 g/mol. The van der Waals surface area contributed by atoms with Gasteiger partial charge in [-0.15, -0.1) is 0 Å². The summed E-state index contributed by atoms with van der Waals surface area (Å²) in [6.45, 7) is 3.41. The summed E-state index contributed by atoms with van der Waals surface area (Å²) in [6.07, 6.45) is 3.81. The number of carboxylic acid groups (broad SMARTS) is 2. The number of rotatable bonds is 8. The molecule has 14 heavy (non-hydrogen) atoms. The van der Waals surface area contributed by atoms with Crippen LogP contribution in [-0.4, -0.2) is 22.2 Å².